The number of hydrogen-bond acceptors (Lipinski definition) is 4. The van der Waals surface area contributed by atoms with E-state index in [0.717, 1.165) is 19.3 Å². The van der Waals surface area contributed by atoms with Crippen molar-refractivity contribution in [3.05, 3.63) is 48.4 Å². The number of ether oxygens (including phenoxy) is 1. The van der Waals surface area contributed by atoms with Crippen LogP contribution in [0.3, 0.4) is 0 Å². The Morgan fingerprint density at radius 2 is 1.88 bits per heavy atom. The maximum Gasteiger partial charge on any atom is 0.333 e. The zero-order valence-electron chi connectivity index (χ0n) is 16.0. The highest BCUT2D eigenvalue weighted by Crippen LogP contribution is 2.19. The van der Waals surface area contributed by atoms with Crippen molar-refractivity contribution in [2.45, 2.75) is 59.0 Å². The molecule has 0 saturated heterocycles. The SMILES string of the molecule is C=C(N)/C=C\C(C#CC(CCC)CCC(=C)C(=O)OC(C)(C)C)=C/N. The van der Waals surface area contributed by atoms with Gasteiger partial charge in [-0.15, -0.1) is 0 Å². The van der Waals surface area contributed by atoms with Gasteiger partial charge in [-0.25, -0.2) is 4.79 Å². The average molecular weight is 344 g/mol. The molecule has 0 aromatic carbocycles. The van der Waals surface area contributed by atoms with E-state index >= 15 is 0 Å². The fourth-order valence-corrected chi connectivity index (χ4v) is 1.96. The molecule has 0 aromatic heterocycles. The average Bonchev–Trinajstić information content (AvgIpc) is 2.50. The van der Waals surface area contributed by atoms with Gasteiger partial charge in [0.2, 0.25) is 0 Å². The second kappa shape index (κ2) is 11.2. The first-order valence-electron chi connectivity index (χ1n) is 8.56. The summed E-state index contributed by atoms with van der Waals surface area (Å²) >= 11 is 0. The minimum absolute atomic E-state index is 0.161. The summed E-state index contributed by atoms with van der Waals surface area (Å²) in [7, 11) is 0. The normalized spacial score (nSPS) is 13.0. The van der Waals surface area contributed by atoms with E-state index in [2.05, 4.69) is 31.9 Å². The van der Waals surface area contributed by atoms with Gasteiger partial charge >= 0.3 is 5.97 Å². The minimum atomic E-state index is -0.511. The van der Waals surface area contributed by atoms with Crippen LogP contribution in [-0.2, 0) is 9.53 Å². The van der Waals surface area contributed by atoms with Crippen LogP contribution in [0.1, 0.15) is 53.4 Å². The van der Waals surface area contributed by atoms with Crippen LogP contribution in [0.5, 0.6) is 0 Å². The van der Waals surface area contributed by atoms with Crippen molar-refractivity contribution in [2.75, 3.05) is 0 Å². The summed E-state index contributed by atoms with van der Waals surface area (Å²) in [6.45, 7) is 15.1. The third-order valence-corrected chi connectivity index (χ3v) is 3.20. The predicted octanol–water partition coefficient (Wildman–Crippen LogP) is 3.96. The maximum atomic E-state index is 12.0. The number of carbonyl (C=O) groups excluding carboxylic acids is 1. The van der Waals surface area contributed by atoms with Crippen molar-refractivity contribution in [2.24, 2.45) is 17.4 Å². The van der Waals surface area contributed by atoms with Crippen LogP contribution >= 0.6 is 0 Å². The molecule has 0 aliphatic carbocycles. The summed E-state index contributed by atoms with van der Waals surface area (Å²) in [5.41, 5.74) is 12.2. The molecule has 0 aliphatic heterocycles. The first-order chi connectivity index (χ1) is 11.6. The monoisotopic (exact) mass is 344 g/mol. The highest BCUT2D eigenvalue weighted by molar-refractivity contribution is 5.87. The highest BCUT2D eigenvalue weighted by atomic mass is 16.6. The molecule has 0 amide bonds. The zero-order valence-corrected chi connectivity index (χ0v) is 16.0. The van der Waals surface area contributed by atoms with E-state index in [4.69, 9.17) is 16.2 Å². The van der Waals surface area contributed by atoms with Crippen LogP contribution in [0.2, 0.25) is 0 Å². The summed E-state index contributed by atoms with van der Waals surface area (Å²) in [5.74, 6) is 6.10. The Hall–Kier alpha value is -2.41. The second-order valence-corrected chi connectivity index (χ2v) is 6.93. The molecule has 138 valence electrons. The molecule has 0 saturated carbocycles. The molecule has 0 aliphatic rings. The van der Waals surface area contributed by atoms with E-state index in [-0.39, 0.29) is 11.9 Å². The molecule has 0 fully saturated rings. The molecule has 0 radical (unpaired) electrons. The summed E-state index contributed by atoms with van der Waals surface area (Å²) in [6.07, 6.45) is 8.10. The minimum Gasteiger partial charge on any atom is -0.457 e. The highest BCUT2D eigenvalue weighted by Gasteiger charge is 2.19. The quantitative estimate of drug-likeness (QED) is 0.302. The van der Waals surface area contributed by atoms with Crippen molar-refractivity contribution >= 4 is 5.97 Å². The standard InChI is InChI=1S/C21H32N2O2/c1-7-8-18(13-14-19(15-22)12-10-17(3)23)11-9-16(2)20(24)25-21(4,5)6/h10,12,15,18H,2-3,7-9,11,22-23H2,1,4-6H3/b12-10-,19-15+. The fourth-order valence-electron chi connectivity index (χ4n) is 1.96. The third kappa shape index (κ3) is 11.7. The lowest BCUT2D eigenvalue weighted by molar-refractivity contribution is -0.150. The molecule has 4 nitrogen and oxygen atoms in total. The Morgan fingerprint density at radius 1 is 1.24 bits per heavy atom. The fraction of sp³-hybridized carbons (Fsp3) is 0.476. The van der Waals surface area contributed by atoms with Gasteiger partial charge in [-0.1, -0.05) is 38.3 Å². The first-order valence-corrected chi connectivity index (χ1v) is 8.56. The Kier molecular flexibility index (Phi) is 10.1. The molecule has 0 rings (SSSR count). The molecule has 0 bridgehead atoms. The van der Waals surface area contributed by atoms with Gasteiger partial charge in [-0.05, 0) is 52.2 Å². The Balaban J connectivity index is 4.82. The number of hydrogen-bond donors (Lipinski definition) is 2. The molecule has 25 heavy (non-hydrogen) atoms. The van der Waals surface area contributed by atoms with Gasteiger partial charge in [-0.3, -0.25) is 0 Å². The number of carbonyl (C=O) groups is 1. The van der Waals surface area contributed by atoms with Crippen LogP contribution < -0.4 is 11.5 Å². The predicted molar refractivity (Wildman–Crippen MR) is 105 cm³/mol. The van der Waals surface area contributed by atoms with Crippen LogP contribution in [0.25, 0.3) is 0 Å². The third-order valence-electron chi connectivity index (χ3n) is 3.20. The van der Waals surface area contributed by atoms with Crippen LogP contribution in [-0.4, -0.2) is 11.6 Å². The summed E-state index contributed by atoms with van der Waals surface area (Å²) in [4.78, 5) is 12.0. The van der Waals surface area contributed by atoms with E-state index < -0.39 is 5.60 Å². The van der Waals surface area contributed by atoms with Crippen LogP contribution in [0.4, 0.5) is 0 Å². The van der Waals surface area contributed by atoms with Gasteiger partial charge in [-0.2, -0.15) is 0 Å². The van der Waals surface area contributed by atoms with Crippen LogP contribution in [0.15, 0.2) is 48.4 Å². The largest absolute Gasteiger partial charge is 0.457 e. The number of rotatable bonds is 8. The summed E-state index contributed by atoms with van der Waals surface area (Å²) < 4.78 is 5.33. The van der Waals surface area contributed by atoms with Gasteiger partial charge in [0.1, 0.15) is 5.60 Å². The second-order valence-electron chi connectivity index (χ2n) is 6.93. The van der Waals surface area contributed by atoms with Crippen molar-refractivity contribution in [3.63, 3.8) is 0 Å². The Bertz CT molecular complexity index is 596. The maximum absolute atomic E-state index is 12.0. The van der Waals surface area contributed by atoms with Gasteiger partial charge in [0.15, 0.2) is 0 Å². The van der Waals surface area contributed by atoms with Crippen LogP contribution in [0, 0.1) is 17.8 Å². The zero-order chi connectivity index (χ0) is 19.5. The molecule has 1 atom stereocenters. The topological polar surface area (TPSA) is 78.3 Å². The van der Waals surface area contributed by atoms with E-state index in [1.165, 1.54) is 6.20 Å². The van der Waals surface area contributed by atoms with Gasteiger partial charge in [0, 0.05) is 29.0 Å². The van der Waals surface area contributed by atoms with Crippen molar-refractivity contribution < 1.29 is 9.53 Å². The molecule has 1 unspecified atom stereocenters. The molecule has 4 N–H and O–H groups in total. The van der Waals surface area contributed by atoms with E-state index in [9.17, 15) is 4.79 Å². The van der Waals surface area contributed by atoms with Gasteiger partial charge in [0.25, 0.3) is 0 Å². The van der Waals surface area contributed by atoms with E-state index in [0.29, 0.717) is 23.3 Å². The van der Waals surface area contributed by atoms with E-state index in [1.54, 1.807) is 12.2 Å². The molecular formula is C21H32N2O2. The van der Waals surface area contributed by atoms with E-state index in [1.807, 2.05) is 20.8 Å². The number of nitrogens with two attached hydrogens (primary N) is 2. The van der Waals surface area contributed by atoms with Gasteiger partial charge < -0.3 is 16.2 Å². The lowest BCUT2D eigenvalue weighted by atomic mass is 9.95. The Labute approximate surface area is 152 Å². The molecule has 0 spiro atoms. The van der Waals surface area contributed by atoms with Crippen molar-refractivity contribution in [3.8, 4) is 11.8 Å². The smallest absolute Gasteiger partial charge is 0.333 e. The lowest BCUT2D eigenvalue weighted by Gasteiger charge is -2.20. The van der Waals surface area contributed by atoms with Gasteiger partial charge in [0.05, 0.1) is 0 Å². The molecular weight excluding hydrogens is 312 g/mol. The lowest BCUT2D eigenvalue weighted by Crippen LogP contribution is -2.24. The summed E-state index contributed by atoms with van der Waals surface area (Å²) in [5, 5.41) is 0. The number of esters is 1. The summed E-state index contributed by atoms with van der Waals surface area (Å²) in [6, 6.07) is 0. The first kappa shape index (κ1) is 22.6. The Morgan fingerprint density at radius 3 is 2.36 bits per heavy atom. The van der Waals surface area contributed by atoms with Crippen molar-refractivity contribution in [1.29, 1.82) is 0 Å². The molecule has 0 heterocycles. The van der Waals surface area contributed by atoms with Crippen molar-refractivity contribution in [1.82, 2.24) is 0 Å². The molecule has 4 heteroatoms. The number of allylic oxidation sites excluding steroid dienone is 3. The molecule has 0 aromatic rings.